The second-order valence-electron chi connectivity index (χ2n) is 9.04. The van der Waals surface area contributed by atoms with Crippen molar-refractivity contribution >= 4 is 17.8 Å². The molecule has 2 amide bonds. The summed E-state index contributed by atoms with van der Waals surface area (Å²) in [6.45, 7) is 1.16. The van der Waals surface area contributed by atoms with Gasteiger partial charge in [-0.25, -0.2) is 4.79 Å². The fourth-order valence-corrected chi connectivity index (χ4v) is 4.54. The van der Waals surface area contributed by atoms with Crippen molar-refractivity contribution in [2.75, 3.05) is 6.61 Å². The monoisotopic (exact) mass is 511 g/mol. The quantitative estimate of drug-likeness (QED) is 0.359. The highest BCUT2D eigenvalue weighted by molar-refractivity contribution is 5.89. The second-order valence-corrected chi connectivity index (χ2v) is 9.04. The zero-order chi connectivity index (χ0) is 26.9. The van der Waals surface area contributed by atoms with Crippen LogP contribution in [0.2, 0.25) is 0 Å². The number of nitrogens with zero attached hydrogens (tertiary/aromatic N) is 3. The molecule has 0 spiro atoms. The number of ketones is 1. The molecule has 0 aromatic heterocycles. The molecule has 8 nitrogen and oxygen atoms in total. The van der Waals surface area contributed by atoms with Gasteiger partial charge in [-0.15, -0.1) is 0 Å². The fourth-order valence-electron chi connectivity index (χ4n) is 4.54. The van der Waals surface area contributed by atoms with Crippen molar-refractivity contribution in [3.63, 3.8) is 0 Å². The van der Waals surface area contributed by atoms with E-state index in [4.69, 9.17) is 9.47 Å². The standard InChI is InChI=1S/C30H29N3O5/c1-22(34)37-21-27(35)29(38-20-25-15-9-4-10-16-25)28-26(17-31)32(18-23-11-5-2-6-12-23)30(36)33(28)19-24-13-7-3-8-14-24/h2-16,26,28-29H,18-21H2,1H3/t26-,28+,29+/m1/s1. The van der Waals surface area contributed by atoms with Gasteiger partial charge < -0.3 is 19.3 Å². The van der Waals surface area contributed by atoms with E-state index in [-0.39, 0.29) is 25.7 Å². The first-order chi connectivity index (χ1) is 18.5. The Labute approximate surface area is 222 Å². The Morgan fingerprint density at radius 3 is 1.84 bits per heavy atom. The van der Waals surface area contributed by atoms with E-state index >= 15 is 0 Å². The van der Waals surface area contributed by atoms with Gasteiger partial charge in [0.2, 0.25) is 5.78 Å². The summed E-state index contributed by atoms with van der Waals surface area (Å²) >= 11 is 0. The molecule has 1 heterocycles. The normalized spacial score (nSPS) is 17.6. The van der Waals surface area contributed by atoms with Crippen LogP contribution in [0.25, 0.3) is 0 Å². The Kier molecular flexibility index (Phi) is 8.85. The average Bonchev–Trinajstić information content (AvgIpc) is 3.19. The van der Waals surface area contributed by atoms with Gasteiger partial charge in [-0.3, -0.25) is 9.59 Å². The van der Waals surface area contributed by atoms with E-state index in [2.05, 4.69) is 6.07 Å². The summed E-state index contributed by atoms with van der Waals surface area (Å²) in [7, 11) is 0. The minimum Gasteiger partial charge on any atom is -0.458 e. The maximum absolute atomic E-state index is 13.8. The van der Waals surface area contributed by atoms with Gasteiger partial charge in [-0.05, 0) is 16.7 Å². The van der Waals surface area contributed by atoms with Gasteiger partial charge in [0.05, 0.1) is 12.7 Å². The zero-order valence-electron chi connectivity index (χ0n) is 21.1. The molecule has 3 atom stereocenters. The number of rotatable bonds is 11. The Balaban J connectivity index is 1.71. The van der Waals surface area contributed by atoms with Crippen LogP contribution in [-0.2, 0) is 38.8 Å². The van der Waals surface area contributed by atoms with Crippen LogP contribution in [0.4, 0.5) is 4.79 Å². The van der Waals surface area contributed by atoms with Gasteiger partial charge in [0.15, 0.2) is 6.61 Å². The SMILES string of the molecule is CC(=O)OCC(=O)[C@H](OCc1ccccc1)[C@@H]1[C@@H](C#N)N(Cc2ccccc2)C(=O)N1Cc1ccccc1. The number of hydrogen-bond donors (Lipinski definition) is 0. The third kappa shape index (κ3) is 6.44. The molecule has 1 fully saturated rings. The van der Waals surface area contributed by atoms with Crippen molar-refractivity contribution in [3.05, 3.63) is 108 Å². The molecule has 4 rings (SSSR count). The summed E-state index contributed by atoms with van der Waals surface area (Å²) in [5.41, 5.74) is 2.53. The number of Topliss-reactive ketones (excluding diaryl/α,β-unsaturated/α-hetero) is 1. The second kappa shape index (κ2) is 12.7. The predicted octanol–water partition coefficient (Wildman–Crippen LogP) is 4.10. The number of carbonyl (C=O) groups is 3. The molecule has 0 N–H and O–H groups in total. The molecule has 8 heteroatoms. The smallest absolute Gasteiger partial charge is 0.322 e. The Morgan fingerprint density at radius 1 is 0.842 bits per heavy atom. The first-order valence-electron chi connectivity index (χ1n) is 12.3. The van der Waals surface area contributed by atoms with Crippen molar-refractivity contribution in [1.29, 1.82) is 5.26 Å². The van der Waals surface area contributed by atoms with Crippen LogP contribution >= 0.6 is 0 Å². The van der Waals surface area contributed by atoms with Gasteiger partial charge in [-0.1, -0.05) is 91.0 Å². The molecule has 1 saturated heterocycles. The lowest BCUT2D eigenvalue weighted by Gasteiger charge is -2.31. The molecule has 194 valence electrons. The van der Waals surface area contributed by atoms with Crippen molar-refractivity contribution < 1.29 is 23.9 Å². The topological polar surface area (TPSA) is 99.9 Å². The first-order valence-corrected chi connectivity index (χ1v) is 12.3. The molecular formula is C30H29N3O5. The molecule has 0 bridgehead atoms. The summed E-state index contributed by atoms with van der Waals surface area (Å²) in [5.74, 6) is -1.12. The van der Waals surface area contributed by atoms with Crippen LogP contribution in [0.1, 0.15) is 23.6 Å². The minimum absolute atomic E-state index is 0.0814. The summed E-state index contributed by atoms with van der Waals surface area (Å²) in [4.78, 5) is 41.7. The van der Waals surface area contributed by atoms with E-state index in [1.807, 2.05) is 91.0 Å². The van der Waals surface area contributed by atoms with E-state index in [1.54, 1.807) is 0 Å². The Bertz CT molecular complexity index is 1280. The summed E-state index contributed by atoms with van der Waals surface area (Å²) < 4.78 is 11.1. The third-order valence-corrected chi connectivity index (χ3v) is 6.35. The molecule has 1 aliphatic rings. The van der Waals surface area contributed by atoms with Gasteiger partial charge in [0, 0.05) is 20.0 Å². The van der Waals surface area contributed by atoms with Gasteiger partial charge in [0.25, 0.3) is 0 Å². The van der Waals surface area contributed by atoms with Crippen LogP contribution < -0.4 is 0 Å². The van der Waals surface area contributed by atoms with E-state index in [0.717, 1.165) is 16.7 Å². The maximum atomic E-state index is 13.8. The van der Waals surface area contributed by atoms with Gasteiger partial charge in [-0.2, -0.15) is 5.26 Å². The van der Waals surface area contributed by atoms with Crippen LogP contribution in [0.15, 0.2) is 91.0 Å². The molecule has 0 radical (unpaired) electrons. The number of carbonyl (C=O) groups excluding carboxylic acids is 3. The average molecular weight is 512 g/mol. The van der Waals surface area contributed by atoms with Crippen molar-refractivity contribution in [3.8, 4) is 6.07 Å². The summed E-state index contributed by atoms with van der Waals surface area (Å²) in [6.07, 6.45) is -1.20. The first kappa shape index (κ1) is 26.6. The van der Waals surface area contributed by atoms with Crippen molar-refractivity contribution in [2.24, 2.45) is 0 Å². The number of urea groups is 1. The summed E-state index contributed by atoms with van der Waals surface area (Å²) in [5, 5.41) is 10.3. The number of amides is 2. The fraction of sp³-hybridized carbons (Fsp3) is 0.267. The van der Waals surface area contributed by atoms with E-state index in [9.17, 15) is 19.6 Å². The number of hydrogen-bond acceptors (Lipinski definition) is 6. The Hall–Kier alpha value is -4.48. The molecular weight excluding hydrogens is 482 g/mol. The Morgan fingerprint density at radius 2 is 1.34 bits per heavy atom. The highest BCUT2D eigenvalue weighted by Crippen LogP contribution is 2.31. The number of esters is 1. The molecule has 0 unspecified atom stereocenters. The van der Waals surface area contributed by atoms with Crippen molar-refractivity contribution in [1.82, 2.24) is 9.80 Å². The zero-order valence-corrected chi connectivity index (χ0v) is 21.1. The maximum Gasteiger partial charge on any atom is 0.322 e. The number of nitriles is 1. The van der Waals surface area contributed by atoms with E-state index in [1.165, 1.54) is 16.7 Å². The van der Waals surface area contributed by atoms with Crippen LogP contribution in [0.3, 0.4) is 0 Å². The van der Waals surface area contributed by atoms with Gasteiger partial charge in [0.1, 0.15) is 18.2 Å². The minimum atomic E-state index is -1.20. The lowest BCUT2D eigenvalue weighted by atomic mass is 9.98. The molecule has 3 aromatic carbocycles. The highest BCUT2D eigenvalue weighted by atomic mass is 16.5. The summed E-state index contributed by atoms with van der Waals surface area (Å²) in [6, 6.07) is 28.0. The highest BCUT2D eigenvalue weighted by Gasteiger charge is 2.52. The lowest BCUT2D eigenvalue weighted by Crippen LogP contribution is -2.51. The van der Waals surface area contributed by atoms with E-state index in [0.29, 0.717) is 0 Å². The van der Waals surface area contributed by atoms with E-state index < -0.39 is 36.5 Å². The van der Waals surface area contributed by atoms with Crippen LogP contribution in [-0.4, -0.2) is 52.4 Å². The van der Waals surface area contributed by atoms with Crippen LogP contribution in [0, 0.1) is 11.3 Å². The predicted molar refractivity (Wildman–Crippen MR) is 139 cm³/mol. The molecule has 3 aromatic rings. The molecule has 0 aliphatic carbocycles. The number of ether oxygens (including phenoxy) is 2. The van der Waals surface area contributed by atoms with Crippen molar-refractivity contribution in [2.45, 2.75) is 44.8 Å². The molecule has 1 aliphatic heterocycles. The third-order valence-electron chi connectivity index (χ3n) is 6.35. The number of benzene rings is 3. The molecule has 38 heavy (non-hydrogen) atoms. The van der Waals surface area contributed by atoms with Crippen LogP contribution in [0.5, 0.6) is 0 Å². The lowest BCUT2D eigenvalue weighted by molar-refractivity contribution is -0.151. The van der Waals surface area contributed by atoms with Gasteiger partial charge >= 0.3 is 12.0 Å². The largest absolute Gasteiger partial charge is 0.458 e. The molecule has 0 saturated carbocycles.